The first-order chi connectivity index (χ1) is 7.18. The predicted molar refractivity (Wildman–Crippen MR) is 61.5 cm³/mol. The smallest absolute Gasteiger partial charge is 0.246 e. The third kappa shape index (κ3) is 2.24. The van der Waals surface area contributed by atoms with E-state index in [-0.39, 0.29) is 5.91 Å². The van der Waals surface area contributed by atoms with Gasteiger partial charge in [-0.05, 0) is 39.0 Å². The van der Waals surface area contributed by atoms with Crippen molar-refractivity contribution < 1.29 is 4.79 Å². The molecular weight excluding hydrogens is 186 g/mol. The zero-order valence-electron chi connectivity index (χ0n) is 9.83. The maximum absolute atomic E-state index is 12.0. The minimum atomic E-state index is 0.240. The van der Waals surface area contributed by atoms with Crippen molar-refractivity contribution in [2.75, 3.05) is 6.54 Å². The topological polar surface area (TPSA) is 20.3 Å². The van der Waals surface area contributed by atoms with Gasteiger partial charge in [0.2, 0.25) is 5.91 Å². The average molecular weight is 207 g/mol. The summed E-state index contributed by atoms with van der Waals surface area (Å²) in [7, 11) is 0. The standard InChI is InChI=1S/C13H21NO/c1-10(2)9-13(15)14-8-7-11-5-3-4-6-12(11)14/h9,11-12H,3-8H2,1-2H3. The summed E-state index contributed by atoms with van der Waals surface area (Å²) in [5, 5.41) is 0. The van der Waals surface area contributed by atoms with E-state index in [0.29, 0.717) is 6.04 Å². The molecule has 0 radical (unpaired) electrons. The Bertz CT molecular complexity index is 278. The third-order valence-corrected chi connectivity index (χ3v) is 3.71. The highest BCUT2D eigenvalue weighted by atomic mass is 16.2. The number of rotatable bonds is 1. The summed E-state index contributed by atoms with van der Waals surface area (Å²) in [6, 6.07) is 0.557. The number of carbonyl (C=O) groups is 1. The van der Waals surface area contributed by atoms with Gasteiger partial charge < -0.3 is 4.90 Å². The third-order valence-electron chi connectivity index (χ3n) is 3.71. The van der Waals surface area contributed by atoms with E-state index in [1.54, 1.807) is 6.08 Å². The van der Waals surface area contributed by atoms with Crippen molar-refractivity contribution in [1.29, 1.82) is 0 Å². The highest BCUT2D eigenvalue weighted by Gasteiger charge is 2.37. The van der Waals surface area contributed by atoms with Crippen LogP contribution in [0.15, 0.2) is 11.6 Å². The number of carbonyl (C=O) groups excluding carboxylic acids is 1. The van der Waals surface area contributed by atoms with Gasteiger partial charge in [-0.25, -0.2) is 0 Å². The first kappa shape index (κ1) is 10.7. The second-order valence-electron chi connectivity index (χ2n) is 5.15. The Morgan fingerprint density at radius 1 is 1.20 bits per heavy atom. The molecule has 2 aliphatic rings. The van der Waals surface area contributed by atoms with E-state index in [9.17, 15) is 4.79 Å². The van der Waals surface area contributed by atoms with E-state index in [4.69, 9.17) is 0 Å². The lowest BCUT2D eigenvalue weighted by Gasteiger charge is -2.31. The first-order valence-corrected chi connectivity index (χ1v) is 6.14. The number of likely N-dealkylation sites (tertiary alicyclic amines) is 1. The number of fused-ring (bicyclic) bond motifs is 1. The highest BCUT2D eigenvalue weighted by Crippen LogP contribution is 2.36. The summed E-state index contributed by atoms with van der Waals surface area (Å²) in [6.45, 7) is 4.97. The molecule has 1 aliphatic carbocycles. The Balaban J connectivity index is 2.04. The summed E-state index contributed by atoms with van der Waals surface area (Å²) < 4.78 is 0. The van der Waals surface area contributed by atoms with Crippen molar-refractivity contribution in [2.45, 2.75) is 52.0 Å². The lowest BCUT2D eigenvalue weighted by Crippen LogP contribution is -2.38. The van der Waals surface area contributed by atoms with Crippen LogP contribution in [-0.2, 0) is 4.79 Å². The average Bonchev–Trinajstić information content (AvgIpc) is 2.59. The van der Waals surface area contributed by atoms with Crippen molar-refractivity contribution in [1.82, 2.24) is 4.90 Å². The van der Waals surface area contributed by atoms with E-state index in [0.717, 1.165) is 18.0 Å². The van der Waals surface area contributed by atoms with Crippen molar-refractivity contribution in [3.8, 4) is 0 Å². The summed E-state index contributed by atoms with van der Waals surface area (Å²) in [5.41, 5.74) is 1.11. The molecule has 0 aromatic rings. The van der Waals surface area contributed by atoms with Crippen LogP contribution < -0.4 is 0 Å². The molecule has 0 spiro atoms. The molecule has 2 nitrogen and oxygen atoms in total. The molecule has 0 aromatic carbocycles. The van der Waals surface area contributed by atoms with E-state index in [2.05, 4.69) is 4.90 Å². The zero-order valence-corrected chi connectivity index (χ0v) is 9.83. The molecule has 84 valence electrons. The number of hydrogen-bond donors (Lipinski definition) is 0. The summed E-state index contributed by atoms with van der Waals surface area (Å²) in [5.74, 6) is 1.04. The van der Waals surface area contributed by atoms with Crippen LogP contribution in [0.25, 0.3) is 0 Å². The fourth-order valence-corrected chi connectivity index (χ4v) is 3.01. The van der Waals surface area contributed by atoms with Crippen LogP contribution in [0.5, 0.6) is 0 Å². The molecule has 1 heterocycles. The molecule has 2 unspecified atom stereocenters. The Morgan fingerprint density at radius 2 is 1.93 bits per heavy atom. The highest BCUT2D eigenvalue weighted by molar-refractivity contribution is 5.88. The monoisotopic (exact) mass is 207 g/mol. The fraction of sp³-hybridized carbons (Fsp3) is 0.769. The predicted octanol–water partition coefficient (Wildman–Crippen LogP) is 2.74. The lowest BCUT2D eigenvalue weighted by atomic mass is 9.85. The SMILES string of the molecule is CC(C)=CC(=O)N1CCC2CCCCC21. The largest absolute Gasteiger partial charge is 0.336 e. The molecule has 0 bridgehead atoms. The van der Waals surface area contributed by atoms with Crippen LogP contribution in [0.4, 0.5) is 0 Å². The zero-order chi connectivity index (χ0) is 10.8. The van der Waals surface area contributed by atoms with Gasteiger partial charge in [0.05, 0.1) is 0 Å². The molecule has 1 aliphatic heterocycles. The molecule has 15 heavy (non-hydrogen) atoms. The molecule has 0 aromatic heterocycles. The summed E-state index contributed by atoms with van der Waals surface area (Å²) in [6.07, 6.45) is 8.26. The van der Waals surface area contributed by atoms with Gasteiger partial charge in [0, 0.05) is 18.7 Å². The first-order valence-electron chi connectivity index (χ1n) is 6.14. The van der Waals surface area contributed by atoms with Gasteiger partial charge >= 0.3 is 0 Å². The van der Waals surface area contributed by atoms with E-state index in [1.165, 1.54) is 32.1 Å². The molecular formula is C13H21NO. The lowest BCUT2D eigenvalue weighted by molar-refractivity contribution is -0.127. The fourth-order valence-electron chi connectivity index (χ4n) is 3.01. The molecule has 2 atom stereocenters. The van der Waals surface area contributed by atoms with Gasteiger partial charge in [0.25, 0.3) is 0 Å². The van der Waals surface area contributed by atoms with Crippen molar-refractivity contribution >= 4 is 5.91 Å². The second-order valence-corrected chi connectivity index (χ2v) is 5.15. The maximum Gasteiger partial charge on any atom is 0.246 e. The maximum atomic E-state index is 12.0. The Labute approximate surface area is 92.3 Å². The molecule has 0 N–H and O–H groups in total. The minimum Gasteiger partial charge on any atom is -0.336 e. The minimum absolute atomic E-state index is 0.240. The van der Waals surface area contributed by atoms with E-state index in [1.807, 2.05) is 13.8 Å². The van der Waals surface area contributed by atoms with Gasteiger partial charge in [-0.15, -0.1) is 0 Å². The number of hydrogen-bond acceptors (Lipinski definition) is 1. The van der Waals surface area contributed by atoms with Crippen molar-refractivity contribution in [3.05, 3.63) is 11.6 Å². The van der Waals surface area contributed by atoms with Gasteiger partial charge in [-0.3, -0.25) is 4.79 Å². The summed E-state index contributed by atoms with van der Waals surface area (Å²) in [4.78, 5) is 14.1. The van der Waals surface area contributed by atoms with Crippen molar-refractivity contribution in [2.24, 2.45) is 5.92 Å². The van der Waals surface area contributed by atoms with Crippen molar-refractivity contribution in [3.63, 3.8) is 0 Å². The van der Waals surface area contributed by atoms with Gasteiger partial charge in [0.1, 0.15) is 0 Å². The van der Waals surface area contributed by atoms with Crippen LogP contribution >= 0.6 is 0 Å². The van der Waals surface area contributed by atoms with Crippen LogP contribution in [0.1, 0.15) is 46.0 Å². The Kier molecular flexibility index (Phi) is 3.13. The number of allylic oxidation sites excluding steroid dienone is 1. The molecule has 2 heteroatoms. The number of amides is 1. The molecule has 2 rings (SSSR count). The quantitative estimate of drug-likeness (QED) is 0.605. The van der Waals surface area contributed by atoms with Crippen LogP contribution in [0.2, 0.25) is 0 Å². The molecule has 1 amide bonds. The van der Waals surface area contributed by atoms with Gasteiger partial charge in [-0.2, -0.15) is 0 Å². The molecule has 1 saturated heterocycles. The Morgan fingerprint density at radius 3 is 2.67 bits per heavy atom. The second kappa shape index (κ2) is 4.38. The van der Waals surface area contributed by atoms with E-state index < -0.39 is 0 Å². The van der Waals surface area contributed by atoms with Crippen LogP contribution in [0, 0.1) is 5.92 Å². The molecule has 2 fully saturated rings. The normalized spacial score (nSPS) is 29.9. The van der Waals surface area contributed by atoms with Gasteiger partial charge in [-0.1, -0.05) is 18.4 Å². The van der Waals surface area contributed by atoms with Gasteiger partial charge in [0.15, 0.2) is 0 Å². The molecule has 1 saturated carbocycles. The van der Waals surface area contributed by atoms with E-state index >= 15 is 0 Å². The van der Waals surface area contributed by atoms with Crippen LogP contribution in [0.3, 0.4) is 0 Å². The Hall–Kier alpha value is -0.790. The van der Waals surface area contributed by atoms with Crippen LogP contribution in [-0.4, -0.2) is 23.4 Å². The summed E-state index contributed by atoms with van der Waals surface area (Å²) >= 11 is 0. The number of nitrogens with zero attached hydrogens (tertiary/aromatic N) is 1.